The molecule has 0 aliphatic rings. The molecule has 1 aromatic heterocycles. The van der Waals surface area contributed by atoms with Crippen molar-refractivity contribution in [2.45, 2.75) is 4.90 Å². The summed E-state index contributed by atoms with van der Waals surface area (Å²) in [4.78, 5) is 5.05. The van der Waals surface area contributed by atoms with Crippen molar-refractivity contribution >= 4 is 37.1 Å². The lowest BCUT2D eigenvalue weighted by Crippen LogP contribution is -1.97. The number of hydrogen-bond donors (Lipinski definition) is 0. The first-order chi connectivity index (χ1) is 11.6. The molecule has 4 rings (SSSR count). The van der Waals surface area contributed by atoms with Gasteiger partial charge in [-0.3, -0.25) is 0 Å². The van der Waals surface area contributed by atoms with Gasteiger partial charge in [-0.25, -0.2) is 9.19 Å². The lowest BCUT2D eigenvalue weighted by molar-refractivity contribution is 0.681. The highest BCUT2D eigenvalue weighted by Gasteiger charge is 2.09. The van der Waals surface area contributed by atoms with Gasteiger partial charge < -0.3 is 0 Å². The molecular weight excluding hydrogens is 316 g/mol. The molecule has 0 aliphatic heterocycles. The molecule has 0 bridgehead atoms. The summed E-state index contributed by atoms with van der Waals surface area (Å²) >= 11 is 0. The minimum absolute atomic E-state index is 0.522. The Kier molecular flexibility index (Phi) is 3.54. The lowest BCUT2D eigenvalue weighted by atomic mass is 10.1. The van der Waals surface area contributed by atoms with Crippen LogP contribution in [-0.4, -0.2) is 15.4 Å². The molecule has 0 saturated heterocycles. The summed E-state index contributed by atoms with van der Waals surface area (Å²) in [6, 6.07) is 23.7. The van der Waals surface area contributed by atoms with Gasteiger partial charge in [-0.15, -0.1) is 0 Å². The van der Waals surface area contributed by atoms with E-state index in [0.717, 1.165) is 26.4 Å². The molecule has 4 aromatic rings. The van der Waals surface area contributed by atoms with Crippen molar-refractivity contribution in [3.63, 3.8) is 0 Å². The molecule has 0 radical (unpaired) electrons. The zero-order chi connectivity index (χ0) is 16.6. The van der Waals surface area contributed by atoms with Gasteiger partial charge in [0, 0.05) is 22.7 Å². The van der Waals surface area contributed by atoms with Crippen LogP contribution in [0.4, 0.5) is 5.82 Å². The summed E-state index contributed by atoms with van der Waals surface area (Å²) in [5.74, 6) is 0.522. The van der Waals surface area contributed by atoms with Crippen LogP contribution in [0.25, 0.3) is 21.5 Å². The van der Waals surface area contributed by atoms with Crippen molar-refractivity contribution in [3.05, 3.63) is 79.0 Å². The SMILES string of the molecule is CS(=O)(=Nc1nccc2ccccc12)c1ccc2ccccc2c1. The molecule has 0 saturated carbocycles. The molecule has 1 atom stereocenters. The van der Waals surface area contributed by atoms with Crippen LogP contribution in [-0.2, 0) is 9.73 Å². The second kappa shape index (κ2) is 5.73. The third-order valence-corrected chi connectivity index (χ3v) is 5.72. The van der Waals surface area contributed by atoms with Crippen LogP contribution in [0, 0.1) is 0 Å². The molecule has 0 amide bonds. The monoisotopic (exact) mass is 332 g/mol. The Balaban J connectivity index is 1.91. The van der Waals surface area contributed by atoms with E-state index in [2.05, 4.69) is 9.35 Å². The predicted octanol–water partition coefficient (Wildman–Crippen LogP) is 5.18. The minimum atomic E-state index is -2.58. The topological polar surface area (TPSA) is 42.3 Å². The highest BCUT2D eigenvalue weighted by Crippen LogP contribution is 2.27. The number of benzene rings is 3. The van der Waals surface area contributed by atoms with Crippen molar-refractivity contribution in [1.82, 2.24) is 4.98 Å². The number of aromatic nitrogens is 1. The van der Waals surface area contributed by atoms with Crippen LogP contribution in [0.15, 0.2) is 88.3 Å². The van der Waals surface area contributed by atoms with Crippen molar-refractivity contribution in [3.8, 4) is 0 Å². The zero-order valence-corrected chi connectivity index (χ0v) is 14.0. The van der Waals surface area contributed by atoms with E-state index in [-0.39, 0.29) is 0 Å². The molecule has 0 aliphatic carbocycles. The molecule has 3 nitrogen and oxygen atoms in total. The van der Waals surface area contributed by atoms with Crippen molar-refractivity contribution in [2.24, 2.45) is 4.36 Å². The molecule has 0 N–H and O–H groups in total. The highest BCUT2D eigenvalue weighted by atomic mass is 32.2. The Hall–Kier alpha value is -2.72. The predicted molar refractivity (Wildman–Crippen MR) is 100 cm³/mol. The van der Waals surface area contributed by atoms with E-state index in [0.29, 0.717) is 5.82 Å². The largest absolute Gasteiger partial charge is 0.245 e. The summed E-state index contributed by atoms with van der Waals surface area (Å²) in [5, 5.41) is 4.14. The molecule has 1 heterocycles. The first-order valence-electron chi connectivity index (χ1n) is 7.68. The van der Waals surface area contributed by atoms with Crippen LogP contribution in [0.5, 0.6) is 0 Å². The van der Waals surface area contributed by atoms with E-state index >= 15 is 0 Å². The van der Waals surface area contributed by atoms with Gasteiger partial charge in [0.25, 0.3) is 0 Å². The second-order valence-corrected chi connectivity index (χ2v) is 8.02. The van der Waals surface area contributed by atoms with Crippen molar-refractivity contribution in [1.29, 1.82) is 0 Å². The number of pyridine rings is 1. The van der Waals surface area contributed by atoms with Crippen LogP contribution < -0.4 is 0 Å². The van der Waals surface area contributed by atoms with Crippen LogP contribution >= 0.6 is 0 Å². The van der Waals surface area contributed by atoms with E-state index in [1.165, 1.54) is 0 Å². The van der Waals surface area contributed by atoms with Gasteiger partial charge in [-0.1, -0.05) is 54.6 Å². The molecule has 0 fully saturated rings. The summed E-state index contributed by atoms with van der Waals surface area (Å²) in [6.45, 7) is 0. The Bertz CT molecular complexity index is 1170. The fourth-order valence-corrected chi connectivity index (χ4v) is 4.04. The lowest BCUT2D eigenvalue weighted by Gasteiger charge is -2.07. The van der Waals surface area contributed by atoms with Crippen LogP contribution in [0.1, 0.15) is 0 Å². The smallest absolute Gasteiger partial charge is 0.169 e. The number of rotatable bonds is 2. The normalized spacial score (nSPS) is 13.7. The Labute approximate surface area is 141 Å². The summed E-state index contributed by atoms with van der Waals surface area (Å²) in [5.41, 5.74) is 0. The Morgan fingerprint density at radius 2 is 1.54 bits per heavy atom. The van der Waals surface area contributed by atoms with E-state index in [1.807, 2.05) is 72.8 Å². The van der Waals surface area contributed by atoms with Gasteiger partial charge in [-0.05, 0) is 34.4 Å². The number of hydrogen-bond acceptors (Lipinski definition) is 3. The second-order valence-electron chi connectivity index (χ2n) is 5.76. The molecule has 3 aromatic carbocycles. The Morgan fingerprint density at radius 1 is 0.833 bits per heavy atom. The highest BCUT2D eigenvalue weighted by molar-refractivity contribution is 7.93. The van der Waals surface area contributed by atoms with E-state index in [4.69, 9.17) is 0 Å². The number of fused-ring (bicyclic) bond motifs is 2. The molecular formula is C20H16N2OS. The summed E-state index contributed by atoms with van der Waals surface area (Å²) in [7, 11) is -2.58. The zero-order valence-electron chi connectivity index (χ0n) is 13.2. The van der Waals surface area contributed by atoms with Gasteiger partial charge in [0.1, 0.15) is 0 Å². The molecule has 4 heteroatoms. The maximum atomic E-state index is 13.2. The fraction of sp³-hybridized carbons (Fsp3) is 0.0500. The van der Waals surface area contributed by atoms with Crippen molar-refractivity contribution < 1.29 is 4.21 Å². The van der Waals surface area contributed by atoms with Gasteiger partial charge >= 0.3 is 0 Å². The standard InChI is InChI=1S/C20H16N2OS/c1-24(23,18-11-10-15-6-2-3-8-17(15)14-18)22-20-19-9-5-4-7-16(19)12-13-21-20/h2-14H,1H3. The van der Waals surface area contributed by atoms with Crippen LogP contribution in [0.3, 0.4) is 0 Å². The maximum Gasteiger partial charge on any atom is 0.169 e. The molecule has 118 valence electrons. The molecule has 24 heavy (non-hydrogen) atoms. The van der Waals surface area contributed by atoms with Crippen LogP contribution in [0.2, 0.25) is 0 Å². The average molecular weight is 332 g/mol. The first kappa shape index (κ1) is 14.8. The van der Waals surface area contributed by atoms with E-state index in [9.17, 15) is 4.21 Å². The quantitative estimate of drug-likeness (QED) is 0.508. The maximum absolute atomic E-state index is 13.2. The summed E-state index contributed by atoms with van der Waals surface area (Å²) in [6.07, 6.45) is 3.37. The van der Waals surface area contributed by atoms with E-state index < -0.39 is 9.73 Å². The summed E-state index contributed by atoms with van der Waals surface area (Å²) < 4.78 is 17.8. The van der Waals surface area contributed by atoms with Crippen molar-refractivity contribution in [2.75, 3.05) is 6.26 Å². The average Bonchev–Trinajstić information content (AvgIpc) is 2.61. The van der Waals surface area contributed by atoms with Gasteiger partial charge in [0.2, 0.25) is 0 Å². The van der Waals surface area contributed by atoms with Gasteiger partial charge in [0.15, 0.2) is 5.82 Å². The molecule has 0 spiro atoms. The first-order valence-corrected chi connectivity index (χ1v) is 9.60. The third-order valence-electron chi connectivity index (χ3n) is 4.07. The Morgan fingerprint density at radius 3 is 2.38 bits per heavy atom. The van der Waals surface area contributed by atoms with E-state index in [1.54, 1.807) is 12.5 Å². The van der Waals surface area contributed by atoms with Gasteiger partial charge in [-0.2, -0.15) is 4.36 Å². The molecule has 1 unspecified atom stereocenters. The number of nitrogens with zero attached hydrogens (tertiary/aromatic N) is 2. The minimum Gasteiger partial charge on any atom is -0.245 e. The third kappa shape index (κ3) is 2.65. The fourth-order valence-electron chi connectivity index (χ4n) is 2.80. The van der Waals surface area contributed by atoms with Gasteiger partial charge in [0.05, 0.1) is 9.73 Å².